The Morgan fingerprint density at radius 1 is 1.15 bits per heavy atom. The molecule has 1 aliphatic heterocycles. The molecule has 9 nitrogen and oxygen atoms in total. The number of aromatic nitrogens is 4. The fourth-order valence-corrected chi connectivity index (χ4v) is 5.91. The average Bonchev–Trinajstić information content (AvgIpc) is 3.32. The quantitative estimate of drug-likeness (QED) is 0.322. The Labute approximate surface area is 230 Å². The molecule has 1 aliphatic carbocycles. The Balaban J connectivity index is 1.41. The Bertz CT molecular complexity index is 1690. The van der Waals surface area contributed by atoms with Crippen LogP contribution in [-0.2, 0) is 13.1 Å². The molecule has 2 aromatic carbocycles. The van der Waals surface area contributed by atoms with Crippen molar-refractivity contribution in [1.82, 2.24) is 24.2 Å². The number of hydrogen-bond acceptors (Lipinski definition) is 6. The smallest absolute Gasteiger partial charge is 0.254 e. The van der Waals surface area contributed by atoms with Crippen LogP contribution in [0.5, 0.6) is 5.75 Å². The largest absolute Gasteiger partial charge is 0.494 e. The van der Waals surface area contributed by atoms with Crippen LogP contribution in [0, 0.1) is 5.92 Å². The van der Waals surface area contributed by atoms with Crippen LogP contribution in [0.1, 0.15) is 35.3 Å². The molecule has 2 atom stereocenters. The summed E-state index contributed by atoms with van der Waals surface area (Å²) in [7, 11) is 1.58. The van der Waals surface area contributed by atoms with E-state index in [9.17, 15) is 9.18 Å². The number of likely N-dealkylation sites (tertiary alicyclic amines) is 1. The molecule has 0 unspecified atom stereocenters. The zero-order chi connectivity index (χ0) is 27.4. The van der Waals surface area contributed by atoms with Crippen molar-refractivity contribution < 1.29 is 18.4 Å². The van der Waals surface area contributed by atoms with E-state index in [0.29, 0.717) is 35.8 Å². The molecule has 206 valence electrons. The summed E-state index contributed by atoms with van der Waals surface area (Å²) in [6, 6.07) is 15.5. The zero-order valence-electron chi connectivity index (χ0n) is 22.3. The summed E-state index contributed by atoms with van der Waals surface area (Å²) >= 11 is 0. The van der Waals surface area contributed by atoms with E-state index in [1.165, 1.54) is 17.7 Å². The summed E-state index contributed by atoms with van der Waals surface area (Å²) in [5.41, 5.74) is 10.7. The Morgan fingerprint density at radius 2 is 2.00 bits per heavy atom. The lowest BCUT2D eigenvalue weighted by Gasteiger charge is -2.33. The minimum Gasteiger partial charge on any atom is -0.494 e. The lowest BCUT2D eigenvalue weighted by Crippen LogP contribution is -2.50. The van der Waals surface area contributed by atoms with Gasteiger partial charge in [0.05, 0.1) is 31.4 Å². The van der Waals surface area contributed by atoms with Crippen LogP contribution in [0.3, 0.4) is 0 Å². The Hall–Kier alpha value is -4.18. The molecule has 10 heteroatoms. The summed E-state index contributed by atoms with van der Waals surface area (Å²) in [4.78, 5) is 20.1. The number of methoxy groups -OCH3 is 1. The lowest BCUT2D eigenvalue weighted by atomic mass is 10.0. The van der Waals surface area contributed by atoms with Gasteiger partial charge in [0.15, 0.2) is 5.82 Å². The van der Waals surface area contributed by atoms with Crippen LogP contribution in [0.25, 0.3) is 33.5 Å². The summed E-state index contributed by atoms with van der Waals surface area (Å²) in [5, 5.41) is 5.30. The number of nitrogens with two attached hydrogens (primary N) is 1. The van der Waals surface area contributed by atoms with Gasteiger partial charge in [-0.15, -0.1) is 0 Å². The van der Waals surface area contributed by atoms with Crippen LogP contribution in [0.2, 0.25) is 0 Å². The molecule has 3 aromatic heterocycles. The number of rotatable bonds is 7. The van der Waals surface area contributed by atoms with E-state index in [0.717, 1.165) is 40.2 Å². The monoisotopic (exact) mass is 542 g/mol. The molecule has 40 heavy (non-hydrogen) atoms. The van der Waals surface area contributed by atoms with E-state index in [-0.39, 0.29) is 24.9 Å². The van der Waals surface area contributed by atoms with E-state index in [2.05, 4.69) is 38.6 Å². The number of imidazole rings is 1. The molecule has 0 radical (unpaired) electrons. The maximum Gasteiger partial charge on any atom is 0.254 e. The van der Waals surface area contributed by atoms with Crippen molar-refractivity contribution in [3.63, 3.8) is 0 Å². The third-order valence-electron chi connectivity index (χ3n) is 7.98. The Kier molecular flexibility index (Phi) is 6.07. The first kappa shape index (κ1) is 24.8. The minimum atomic E-state index is -1.14. The predicted octanol–water partition coefficient (Wildman–Crippen LogP) is 4.62. The number of halogens is 1. The minimum absolute atomic E-state index is 0.0278. The van der Waals surface area contributed by atoms with Crippen LogP contribution in [0.4, 0.5) is 4.39 Å². The van der Waals surface area contributed by atoms with E-state index in [4.69, 9.17) is 20.0 Å². The van der Waals surface area contributed by atoms with Crippen LogP contribution in [0.15, 0.2) is 59.3 Å². The van der Waals surface area contributed by atoms with Crippen LogP contribution >= 0.6 is 0 Å². The SMILES string of the molecule is COc1cc(C(=O)N2C[C@H](N)C[C@@H](F)C2)cc2nc(-c3cc4ccccc4n3CC3CC3)n(Cc3ccon3)c12. The number of benzene rings is 2. The molecule has 1 amide bonds. The number of fused-ring (bicyclic) bond motifs is 2. The molecule has 0 spiro atoms. The molecule has 7 rings (SSSR count). The van der Waals surface area contributed by atoms with E-state index < -0.39 is 6.17 Å². The van der Waals surface area contributed by atoms with Crippen molar-refractivity contribution in [3.05, 3.63) is 66.1 Å². The van der Waals surface area contributed by atoms with Gasteiger partial charge in [-0.1, -0.05) is 23.4 Å². The van der Waals surface area contributed by atoms with E-state index in [1.54, 1.807) is 25.5 Å². The van der Waals surface area contributed by atoms with Gasteiger partial charge in [0.25, 0.3) is 5.91 Å². The third kappa shape index (κ3) is 4.42. The lowest BCUT2D eigenvalue weighted by molar-refractivity contribution is 0.0606. The van der Waals surface area contributed by atoms with Gasteiger partial charge in [0.1, 0.15) is 29.4 Å². The highest BCUT2D eigenvalue weighted by Crippen LogP contribution is 2.38. The number of para-hydroxylation sites is 1. The fraction of sp³-hybridized carbons (Fsp3) is 0.367. The van der Waals surface area contributed by atoms with Gasteiger partial charge in [-0.2, -0.15) is 0 Å². The molecule has 4 heterocycles. The van der Waals surface area contributed by atoms with Crippen molar-refractivity contribution in [2.75, 3.05) is 20.2 Å². The number of ether oxygens (including phenoxy) is 1. The van der Waals surface area contributed by atoms with Crippen molar-refractivity contribution in [2.24, 2.45) is 11.7 Å². The molecule has 2 fully saturated rings. The summed E-state index contributed by atoms with van der Waals surface area (Å²) < 4.78 is 29.7. The van der Waals surface area contributed by atoms with E-state index >= 15 is 0 Å². The van der Waals surface area contributed by atoms with Crippen LogP contribution < -0.4 is 10.5 Å². The first-order valence-electron chi connectivity index (χ1n) is 13.7. The summed E-state index contributed by atoms with van der Waals surface area (Å²) in [6.45, 7) is 1.66. The number of nitrogens with zero attached hydrogens (tertiary/aromatic N) is 5. The van der Waals surface area contributed by atoms with Gasteiger partial charge in [0.2, 0.25) is 0 Å². The molecule has 5 aromatic rings. The van der Waals surface area contributed by atoms with Gasteiger partial charge < -0.3 is 29.0 Å². The van der Waals surface area contributed by atoms with Gasteiger partial charge in [-0.3, -0.25) is 4.79 Å². The summed E-state index contributed by atoms with van der Waals surface area (Å²) in [6.07, 6.45) is 3.12. The second-order valence-corrected chi connectivity index (χ2v) is 11.0. The summed E-state index contributed by atoms with van der Waals surface area (Å²) in [5.74, 6) is 1.62. The molecule has 1 saturated heterocycles. The maximum absolute atomic E-state index is 14.3. The van der Waals surface area contributed by atoms with Gasteiger partial charge in [-0.05, 0) is 49.4 Å². The molecular formula is C30H31FN6O3. The van der Waals surface area contributed by atoms with Gasteiger partial charge >= 0.3 is 0 Å². The molecule has 0 bridgehead atoms. The molecule has 2 N–H and O–H groups in total. The number of piperidine rings is 1. The third-order valence-corrected chi connectivity index (χ3v) is 7.98. The molecule has 2 aliphatic rings. The fourth-order valence-electron chi connectivity index (χ4n) is 5.91. The highest BCUT2D eigenvalue weighted by Gasteiger charge is 2.31. The average molecular weight is 543 g/mol. The maximum atomic E-state index is 14.3. The number of carbonyl (C=O) groups is 1. The van der Waals surface area contributed by atoms with Gasteiger partial charge in [-0.25, -0.2) is 9.37 Å². The van der Waals surface area contributed by atoms with Crippen molar-refractivity contribution in [2.45, 2.75) is 44.6 Å². The molecular weight excluding hydrogens is 511 g/mol. The highest BCUT2D eigenvalue weighted by atomic mass is 19.1. The second kappa shape index (κ2) is 9.78. The van der Waals surface area contributed by atoms with Crippen molar-refractivity contribution in [3.8, 4) is 17.3 Å². The number of hydrogen-bond donors (Lipinski definition) is 1. The highest BCUT2D eigenvalue weighted by molar-refractivity contribution is 6.00. The molecule has 1 saturated carbocycles. The van der Waals surface area contributed by atoms with Gasteiger partial charge in [0, 0.05) is 41.7 Å². The number of carbonyl (C=O) groups excluding carboxylic acids is 1. The first-order chi connectivity index (χ1) is 19.5. The topological polar surface area (TPSA) is 104 Å². The zero-order valence-corrected chi connectivity index (χ0v) is 22.3. The second-order valence-electron chi connectivity index (χ2n) is 11.0. The Morgan fingerprint density at radius 3 is 2.75 bits per heavy atom. The standard InChI is InChI=1S/C30H31FN6O3/c1-39-27-12-20(30(38)35-15-21(31)13-22(32)16-35)10-24-28(27)37(17-23-8-9-40-34-23)29(33-24)26-11-19-4-2-3-5-25(19)36(26)14-18-6-7-18/h2-5,8-12,18,21-22H,6-7,13-17,32H2,1H3/t21-,22-/m1/s1. The predicted molar refractivity (Wildman–Crippen MR) is 149 cm³/mol. The first-order valence-corrected chi connectivity index (χ1v) is 13.7. The van der Waals surface area contributed by atoms with E-state index in [1.807, 2.05) is 12.1 Å². The number of alkyl halides is 1. The van der Waals surface area contributed by atoms with Crippen molar-refractivity contribution in [1.29, 1.82) is 0 Å². The van der Waals surface area contributed by atoms with Crippen LogP contribution in [-0.4, -0.2) is 62.5 Å². The number of amides is 1. The normalized spacial score (nSPS) is 19.5. The van der Waals surface area contributed by atoms with Crippen molar-refractivity contribution >= 4 is 27.8 Å².